The van der Waals surface area contributed by atoms with Crippen LogP contribution < -0.4 is 0 Å². The molecule has 0 unspecified atom stereocenters. The average Bonchev–Trinajstić information content (AvgIpc) is 3.61. The molecule has 0 aliphatic carbocycles. The zero-order chi connectivity index (χ0) is 36.3. The molecule has 0 N–H and O–H groups in total. The molecular weight excluding hydrogens is 667 g/mol. The van der Waals surface area contributed by atoms with Gasteiger partial charge in [0.05, 0.1) is 34.0 Å². The van der Waals surface area contributed by atoms with E-state index in [1.165, 1.54) is 54.8 Å². The Bertz CT molecular complexity index is 3170. The van der Waals surface area contributed by atoms with E-state index in [0.717, 1.165) is 49.9 Å². The number of hydrogen-bond donors (Lipinski definition) is 0. The predicted molar refractivity (Wildman–Crippen MR) is 231 cm³/mol. The lowest BCUT2D eigenvalue weighted by Crippen LogP contribution is -1.94. The van der Waals surface area contributed by atoms with E-state index in [1.807, 2.05) is 6.20 Å². The van der Waals surface area contributed by atoms with Gasteiger partial charge in [-0.2, -0.15) is 0 Å². The van der Waals surface area contributed by atoms with Gasteiger partial charge in [0.1, 0.15) is 0 Å². The summed E-state index contributed by atoms with van der Waals surface area (Å²) < 4.78 is 2.38. The second-order valence-corrected chi connectivity index (χ2v) is 14.2. The lowest BCUT2D eigenvalue weighted by molar-refractivity contribution is 1.18. The van der Waals surface area contributed by atoms with Gasteiger partial charge in [-0.25, -0.2) is 4.98 Å². The summed E-state index contributed by atoms with van der Waals surface area (Å²) in [6.45, 7) is 0. The zero-order valence-corrected chi connectivity index (χ0v) is 29.9. The number of hydrogen-bond acceptors (Lipinski definition) is 2. The van der Waals surface area contributed by atoms with E-state index >= 15 is 0 Å². The van der Waals surface area contributed by atoms with Crippen LogP contribution in [0.15, 0.2) is 200 Å². The smallest absolute Gasteiger partial charge is 0.0979 e. The van der Waals surface area contributed by atoms with Gasteiger partial charge in [-0.3, -0.25) is 4.98 Å². The molecular formula is C52H33N3. The van der Waals surface area contributed by atoms with E-state index in [-0.39, 0.29) is 0 Å². The Kier molecular flexibility index (Phi) is 7.17. The fraction of sp³-hybridized carbons (Fsp3) is 0. The molecule has 3 heteroatoms. The molecule has 0 spiro atoms. The highest BCUT2D eigenvalue weighted by Crippen LogP contribution is 2.37. The van der Waals surface area contributed by atoms with Gasteiger partial charge in [0, 0.05) is 32.8 Å². The predicted octanol–water partition coefficient (Wildman–Crippen LogP) is 13.7. The molecule has 0 radical (unpaired) electrons. The third-order valence-electron chi connectivity index (χ3n) is 11.0. The standard InChI is InChI=1S/C52H33N3/c1-3-22-46-42(18-1)43-19-2-4-23-47(43)52-51(46)53-33-48(54-52)40-16-10-13-37(31-40)35-28-26-34(27-29-35)36-12-9-14-38(30-36)39-15-11-17-41(32-39)55-49-24-7-5-20-44(49)45-21-6-8-25-50(45)55/h1-33H. The van der Waals surface area contributed by atoms with Crippen LogP contribution in [-0.4, -0.2) is 14.5 Å². The van der Waals surface area contributed by atoms with Crippen LogP contribution in [0.25, 0.3) is 105 Å². The molecule has 0 amide bonds. The molecule has 55 heavy (non-hydrogen) atoms. The lowest BCUT2D eigenvalue weighted by atomic mass is 9.96. The average molecular weight is 700 g/mol. The van der Waals surface area contributed by atoms with Gasteiger partial charge in [-0.15, -0.1) is 0 Å². The van der Waals surface area contributed by atoms with Crippen LogP contribution in [0.4, 0.5) is 0 Å². The molecule has 256 valence electrons. The van der Waals surface area contributed by atoms with Crippen molar-refractivity contribution in [1.29, 1.82) is 0 Å². The second-order valence-electron chi connectivity index (χ2n) is 14.2. The highest BCUT2D eigenvalue weighted by atomic mass is 15.0. The summed E-state index contributed by atoms with van der Waals surface area (Å²) in [5, 5.41) is 7.19. The Morgan fingerprint density at radius 1 is 0.309 bits per heavy atom. The molecule has 0 bridgehead atoms. The molecule has 0 fully saturated rings. The minimum atomic E-state index is 0.866. The SMILES string of the molecule is c1cc(-c2ccc(-c3cccc(-c4cnc5c6ccccc6c6ccccc6c5n4)c3)cc2)cc(-c2cccc(-n3c4ccccc4c4ccccc43)c2)c1. The topological polar surface area (TPSA) is 30.7 Å². The van der Waals surface area contributed by atoms with E-state index < -0.39 is 0 Å². The van der Waals surface area contributed by atoms with Crippen LogP contribution >= 0.6 is 0 Å². The van der Waals surface area contributed by atoms with Crippen molar-refractivity contribution in [3.63, 3.8) is 0 Å². The van der Waals surface area contributed by atoms with Crippen molar-refractivity contribution in [3.8, 4) is 50.3 Å². The first-order valence-electron chi connectivity index (χ1n) is 18.7. The van der Waals surface area contributed by atoms with E-state index in [9.17, 15) is 0 Å². The molecule has 0 aliphatic heterocycles. The maximum atomic E-state index is 5.23. The van der Waals surface area contributed by atoms with E-state index in [2.05, 4.69) is 199 Å². The Labute approximate surface area is 318 Å². The lowest BCUT2D eigenvalue weighted by Gasteiger charge is -2.12. The fourth-order valence-corrected chi connectivity index (χ4v) is 8.38. The number of para-hydroxylation sites is 2. The Balaban J connectivity index is 0.912. The summed E-state index contributed by atoms with van der Waals surface area (Å²) >= 11 is 0. The minimum Gasteiger partial charge on any atom is -0.309 e. The number of nitrogens with zero attached hydrogens (tertiary/aromatic N) is 3. The zero-order valence-electron chi connectivity index (χ0n) is 29.9. The van der Waals surface area contributed by atoms with Crippen molar-refractivity contribution in [3.05, 3.63) is 200 Å². The van der Waals surface area contributed by atoms with Gasteiger partial charge in [0.15, 0.2) is 0 Å². The summed E-state index contributed by atoms with van der Waals surface area (Å²) in [6, 6.07) is 69.6. The van der Waals surface area contributed by atoms with Crippen molar-refractivity contribution in [2.24, 2.45) is 0 Å². The van der Waals surface area contributed by atoms with Gasteiger partial charge in [0.25, 0.3) is 0 Å². The van der Waals surface area contributed by atoms with Gasteiger partial charge in [-0.05, 0) is 80.6 Å². The maximum Gasteiger partial charge on any atom is 0.0979 e. The van der Waals surface area contributed by atoms with Crippen LogP contribution in [-0.2, 0) is 0 Å². The summed E-state index contributed by atoms with van der Waals surface area (Å²) in [5.74, 6) is 0. The van der Waals surface area contributed by atoms with E-state index in [1.54, 1.807) is 0 Å². The molecule has 11 aromatic rings. The largest absolute Gasteiger partial charge is 0.309 e. The summed E-state index contributed by atoms with van der Waals surface area (Å²) in [7, 11) is 0. The second kappa shape index (κ2) is 12.6. The molecule has 0 aliphatic rings. The van der Waals surface area contributed by atoms with Gasteiger partial charge in [0.2, 0.25) is 0 Å². The summed E-state index contributed by atoms with van der Waals surface area (Å²) in [4.78, 5) is 10.2. The molecule has 0 atom stereocenters. The first-order valence-corrected chi connectivity index (χ1v) is 18.7. The maximum absolute atomic E-state index is 5.23. The van der Waals surface area contributed by atoms with Gasteiger partial charge in [-0.1, -0.05) is 158 Å². The van der Waals surface area contributed by atoms with Crippen molar-refractivity contribution >= 4 is 54.4 Å². The quantitative estimate of drug-likeness (QED) is 0.167. The summed E-state index contributed by atoms with van der Waals surface area (Å²) in [5.41, 5.74) is 14.4. The molecule has 0 saturated heterocycles. The molecule has 2 aromatic heterocycles. The molecule has 0 saturated carbocycles. The first-order chi connectivity index (χ1) is 27.3. The van der Waals surface area contributed by atoms with Crippen molar-refractivity contribution < 1.29 is 0 Å². The minimum absolute atomic E-state index is 0.866. The van der Waals surface area contributed by atoms with Crippen LogP contribution in [0, 0.1) is 0 Å². The third-order valence-corrected chi connectivity index (χ3v) is 11.0. The molecule has 3 nitrogen and oxygen atoms in total. The molecule has 9 aromatic carbocycles. The van der Waals surface area contributed by atoms with Crippen LogP contribution in [0.3, 0.4) is 0 Å². The highest BCUT2D eigenvalue weighted by molar-refractivity contribution is 6.23. The number of benzene rings is 9. The normalized spacial score (nSPS) is 11.6. The van der Waals surface area contributed by atoms with Crippen molar-refractivity contribution in [1.82, 2.24) is 14.5 Å². The third kappa shape index (κ3) is 5.20. The summed E-state index contributed by atoms with van der Waals surface area (Å²) in [6.07, 6.45) is 1.91. The van der Waals surface area contributed by atoms with E-state index in [4.69, 9.17) is 9.97 Å². The monoisotopic (exact) mass is 699 g/mol. The van der Waals surface area contributed by atoms with Gasteiger partial charge >= 0.3 is 0 Å². The first kappa shape index (κ1) is 31.2. The van der Waals surface area contributed by atoms with Gasteiger partial charge < -0.3 is 4.57 Å². The van der Waals surface area contributed by atoms with Crippen LogP contribution in [0.5, 0.6) is 0 Å². The number of fused-ring (bicyclic) bond motifs is 9. The number of aromatic nitrogens is 3. The Morgan fingerprint density at radius 2 is 0.745 bits per heavy atom. The number of rotatable bonds is 5. The Morgan fingerprint density at radius 3 is 1.35 bits per heavy atom. The van der Waals surface area contributed by atoms with E-state index in [0.29, 0.717) is 0 Å². The van der Waals surface area contributed by atoms with Crippen LogP contribution in [0.2, 0.25) is 0 Å². The molecule has 2 heterocycles. The fourth-order valence-electron chi connectivity index (χ4n) is 8.38. The highest BCUT2D eigenvalue weighted by Gasteiger charge is 2.14. The molecule has 11 rings (SSSR count). The van der Waals surface area contributed by atoms with Crippen molar-refractivity contribution in [2.45, 2.75) is 0 Å². The van der Waals surface area contributed by atoms with Crippen LogP contribution in [0.1, 0.15) is 0 Å². The Hall–Kier alpha value is -7.36. The van der Waals surface area contributed by atoms with Crippen molar-refractivity contribution in [2.75, 3.05) is 0 Å².